The van der Waals surface area contributed by atoms with Gasteiger partial charge in [0.15, 0.2) is 17.6 Å². The Morgan fingerprint density at radius 1 is 1.22 bits per heavy atom. The number of methoxy groups -OCH3 is 2. The van der Waals surface area contributed by atoms with Crippen molar-refractivity contribution in [3.8, 4) is 11.5 Å². The fraction of sp³-hybridized carbons (Fsp3) is 0.300. The summed E-state index contributed by atoms with van der Waals surface area (Å²) >= 11 is 0. The van der Waals surface area contributed by atoms with Crippen LogP contribution < -0.4 is 9.47 Å². The van der Waals surface area contributed by atoms with Crippen LogP contribution in [0.1, 0.15) is 22.3 Å². The standard InChI is InChI=1S/C20H21FN2O4/c1-23(20(24)15-6-4-5-7-16(15)21)12-14-11-17(22-27-14)13-8-9-18(25-2)19(10-13)26-3/h4-10,14H,11-12H2,1-3H3. The number of oxime groups is 1. The van der Waals surface area contributed by atoms with Crippen molar-refractivity contribution in [3.05, 3.63) is 59.4 Å². The molecule has 142 valence electrons. The van der Waals surface area contributed by atoms with Gasteiger partial charge in [-0.3, -0.25) is 4.79 Å². The molecule has 1 heterocycles. The topological polar surface area (TPSA) is 60.4 Å². The molecule has 0 bridgehead atoms. The highest BCUT2D eigenvalue weighted by atomic mass is 19.1. The maximum Gasteiger partial charge on any atom is 0.256 e. The minimum Gasteiger partial charge on any atom is -0.493 e. The predicted molar refractivity (Wildman–Crippen MR) is 98.9 cm³/mol. The van der Waals surface area contributed by atoms with E-state index in [1.807, 2.05) is 12.1 Å². The van der Waals surface area contributed by atoms with Crippen molar-refractivity contribution in [3.63, 3.8) is 0 Å². The summed E-state index contributed by atoms with van der Waals surface area (Å²) in [5, 5.41) is 4.13. The molecule has 1 aliphatic heterocycles. The summed E-state index contributed by atoms with van der Waals surface area (Å²) in [4.78, 5) is 19.3. The number of carbonyl (C=O) groups excluding carboxylic acids is 1. The van der Waals surface area contributed by atoms with Gasteiger partial charge in [-0.25, -0.2) is 4.39 Å². The minimum absolute atomic E-state index is 0.0408. The summed E-state index contributed by atoms with van der Waals surface area (Å²) in [6, 6.07) is 11.4. The van der Waals surface area contributed by atoms with E-state index >= 15 is 0 Å². The maximum atomic E-state index is 13.8. The number of hydrogen-bond donors (Lipinski definition) is 0. The molecule has 0 fully saturated rings. The Hall–Kier alpha value is -3.09. The zero-order chi connectivity index (χ0) is 19.4. The molecule has 6 nitrogen and oxygen atoms in total. The number of rotatable bonds is 6. The van der Waals surface area contributed by atoms with E-state index in [2.05, 4.69) is 5.16 Å². The molecule has 0 saturated carbocycles. The van der Waals surface area contributed by atoms with Crippen molar-refractivity contribution in [2.45, 2.75) is 12.5 Å². The molecule has 1 atom stereocenters. The van der Waals surface area contributed by atoms with Crippen LogP contribution in [0.25, 0.3) is 0 Å². The van der Waals surface area contributed by atoms with E-state index in [-0.39, 0.29) is 11.7 Å². The molecule has 27 heavy (non-hydrogen) atoms. The maximum absolute atomic E-state index is 13.8. The van der Waals surface area contributed by atoms with Gasteiger partial charge in [0.1, 0.15) is 5.82 Å². The second-order valence-electron chi connectivity index (χ2n) is 6.20. The van der Waals surface area contributed by atoms with Crippen molar-refractivity contribution >= 4 is 11.6 Å². The Morgan fingerprint density at radius 2 is 1.96 bits per heavy atom. The average Bonchev–Trinajstić information content (AvgIpc) is 3.15. The number of ether oxygens (including phenoxy) is 2. The summed E-state index contributed by atoms with van der Waals surface area (Å²) in [6.07, 6.45) is 0.235. The second kappa shape index (κ2) is 8.07. The van der Waals surface area contributed by atoms with Gasteiger partial charge in [0.25, 0.3) is 5.91 Å². The molecule has 0 spiro atoms. The lowest BCUT2D eigenvalue weighted by molar-refractivity contribution is 0.0479. The van der Waals surface area contributed by atoms with Gasteiger partial charge in [0, 0.05) is 19.0 Å². The normalized spacial score (nSPS) is 15.7. The molecule has 3 rings (SSSR count). The Kier molecular flexibility index (Phi) is 5.59. The summed E-state index contributed by atoms with van der Waals surface area (Å²) < 4.78 is 24.4. The number of hydrogen-bond acceptors (Lipinski definition) is 5. The van der Waals surface area contributed by atoms with Crippen LogP contribution in [0.3, 0.4) is 0 Å². The zero-order valence-corrected chi connectivity index (χ0v) is 15.4. The highest BCUT2D eigenvalue weighted by molar-refractivity contribution is 6.02. The molecule has 0 N–H and O–H groups in total. The largest absolute Gasteiger partial charge is 0.493 e. The van der Waals surface area contributed by atoms with E-state index in [4.69, 9.17) is 14.3 Å². The van der Waals surface area contributed by atoms with E-state index in [1.165, 1.54) is 17.0 Å². The second-order valence-corrected chi connectivity index (χ2v) is 6.20. The average molecular weight is 372 g/mol. The van der Waals surface area contributed by atoms with Crippen LogP contribution >= 0.6 is 0 Å². The number of amides is 1. The smallest absolute Gasteiger partial charge is 0.256 e. The van der Waals surface area contributed by atoms with Crippen LogP contribution in [-0.4, -0.2) is 50.4 Å². The summed E-state index contributed by atoms with van der Waals surface area (Å²) in [6.45, 7) is 0.299. The summed E-state index contributed by atoms with van der Waals surface area (Å²) in [5.41, 5.74) is 1.66. The molecule has 0 radical (unpaired) electrons. The third-order valence-corrected chi connectivity index (χ3v) is 4.38. The van der Waals surface area contributed by atoms with E-state index in [9.17, 15) is 9.18 Å². The first-order valence-corrected chi connectivity index (χ1v) is 8.48. The Morgan fingerprint density at radius 3 is 2.67 bits per heavy atom. The van der Waals surface area contributed by atoms with Gasteiger partial charge in [-0.2, -0.15) is 0 Å². The fourth-order valence-electron chi connectivity index (χ4n) is 2.94. The van der Waals surface area contributed by atoms with Gasteiger partial charge < -0.3 is 19.2 Å². The van der Waals surface area contributed by atoms with Crippen LogP contribution in [0, 0.1) is 5.82 Å². The molecule has 1 amide bonds. The van der Waals surface area contributed by atoms with E-state index in [0.29, 0.717) is 24.5 Å². The first-order valence-electron chi connectivity index (χ1n) is 8.48. The monoisotopic (exact) mass is 372 g/mol. The van der Waals surface area contributed by atoms with Crippen LogP contribution in [0.4, 0.5) is 4.39 Å². The first-order chi connectivity index (χ1) is 13.0. The third-order valence-electron chi connectivity index (χ3n) is 4.38. The van der Waals surface area contributed by atoms with Crippen molar-refractivity contribution in [2.75, 3.05) is 27.8 Å². The van der Waals surface area contributed by atoms with Gasteiger partial charge in [-0.15, -0.1) is 0 Å². The lowest BCUT2D eigenvalue weighted by Gasteiger charge is -2.20. The molecule has 2 aromatic rings. The summed E-state index contributed by atoms with van der Waals surface area (Å²) in [5.74, 6) is 0.306. The lowest BCUT2D eigenvalue weighted by atomic mass is 10.0. The van der Waals surface area contributed by atoms with Crippen molar-refractivity contribution < 1.29 is 23.5 Å². The number of halogens is 1. The highest BCUT2D eigenvalue weighted by Crippen LogP contribution is 2.29. The molecule has 0 aliphatic carbocycles. The molecular weight excluding hydrogens is 351 g/mol. The number of benzene rings is 2. The number of carbonyl (C=O) groups is 1. The summed E-state index contributed by atoms with van der Waals surface area (Å²) in [7, 11) is 4.76. The number of nitrogens with zero attached hydrogens (tertiary/aromatic N) is 2. The Bertz CT molecular complexity index is 869. The Labute approximate surface area is 157 Å². The first kappa shape index (κ1) is 18.7. The van der Waals surface area contributed by atoms with Crippen molar-refractivity contribution in [2.24, 2.45) is 5.16 Å². The van der Waals surface area contributed by atoms with Crippen LogP contribution in [-0.2, 0) is 4.84 Å². The Balaban J connectivity index is 1.64. The van der Waals surface area contributed by atoms with E-state index in [1.54, 1.807) is 39.5 Å². The minimum atomic E-state index is -0.538. The van der Waals surface area contributed by atoms with Gasteiger partial charge in [0.2, 0.25) is 0 Å². The fourth-order valence-corrected chi connectivity index (χ4v) is 2.94. The highest BCUT2D eigenvalue weighted by Gasteiger charge is 2.26. The van der Waals surface area contributed by atoms with Gasteiger partial charge >= 0.3 is 0 Å². The van der Waals surface area contributed by atoms with Crippen molar-refractivity contribution in [1.82, 2.24) is 4.90 Å². The number of likely N-dealkylation sites (N-methyl/N-ethyl adjacent to an activating group) is 1. The molecule has 7 heteroatoms. The van der Waals surface area contributed by atoms with Gasteiger partial charge in [-0.05, 0) is 30.3 Å². The van der Waals surface area contributed by atoms with Crippen LogP contribution in [0.2, 0.25) is 0 Å². The third kappa shape index (κ3) is 4.02. The van der Waals surface area contributed by atoms with Gasteiger partial charge in [-0.1, -0.05) is 17.3 Å². The lowest BCUT2D eigenvalue weighted by Crippen LogP contribution is -2.35. The quantitative estimate of drug-likeness (QED) is 0.782. The molecule has 1 aliphatic rings. The molecule has 0 aromatic heterocycles. The molecule has 0 saturated heterocycles. The molecular formula is C20H21FN2O4. The van der Waals surface area contributed by atoms with Crippen molar-refractivity contribution in [1.29, 1.82) is 0 Å². The predicted octanol–water partition coefficient (Wildman–Crippen LogP) is 3.11. The SMILES string of the molecule is COc1ccc(C2=NOC(CN(C)C(=O)c3ccccc3F)C2)cc1OC. The van der Waals surface area contributed by atoms with Crippen LogP contribution in [0.15, 0.2) is 47.6 Å². The van der Waals surface area contributed by atoms with Crippen LogP contribution in [0.5, 0.6) is 11.5 Å². The van der Waals surface area contributed by atoms with Gasteiger partial charge in [0.05, 0.1) is 32.0 Å². The zero-order valence-electron chi connectivity index (χ0n) is 15.4. The molecule has 2 aromatic carbocycles. The van der Waals surface area contributed by atoms with E-state index in [0.717, 1.165) is 11.3 Å². The van der Waals surface area contributed by atoms with E-state index < -0.39 is 11.7 Å². The molecule has 1 unspecified atom stereocenters.